The van der Waals surface area contributed by atoms with E-state index < -0.39 is 0 Å². The Balaban J connectivity index is 2.11. The number of aromatic nitrogens is 4. The quantitative estimate of drug-likeness (QED) is 0.733. The zero-order valence-electron chi connectivity index (χ0n) is 7.67. The van der Waals surface area contributed by atoms with Crippen LogP contribution in [0.2, 0.25) is 5.02 Å². The normalized spacial score (nSPS) is 10.2. The molecule has 5 nitrogen and oxygen atoms in total. The first-order chi connectivity index (χ1) is 7.25. The summed E-state index contributed by atoms with van der Waals surface area (Å²) in [6.07, 6.45) is 1.40. The van der Waals surface area contributed by atoms with Gasteiger partial charge < -0.3 is 0 Å². The van der Waals surface area contributed by atoms with Crippen molar-refractivity contribution in [3.05, 3.63) is 41.2 Å². The van der Waals surface area contributed by atoms with Crippen LogP contribution in [0.5, 0.6) is 0 Å². The van der Waals surface area contributed by atoms with Gasteiger partial charge in [0, 0.05) is 10.6 Å². The van der Waals surface area contributed by atoms with Gasteiger partial charge in [-0.3, -0.25) is 4.79 Å². The van der Waals surface area contributed by atoms with E-state index in [0.29, 0.717) is 10.6 Å². The molecule has 0 spiro atoms. The summed E-state index contributed by atoms with van der Waals surface area (Å²) in [6.45, 7) is 0.134. The molecule has 0 bridgehead atoms. The van der Waals surface area contributed by atoms with Crippen molar-refractivity contribution in [2.45, 2.75) is 6.54 Å². The van der Waals surface area contributed by atoms with Gasteiger partial charge in [0.15, 0.2) is 5.78 Å². The molecule has 1 aromatic carbocycles. The Bertz CT molecular complexity index is 451. The highest BCUT2D eigenvalue weighted by Crippen LogP contribution is 2.10. The zero-order valence-corrected chi connectivity index (χ0v) is 8.42. The van der Waals surface area contributed by atoms with Crippen LogP contribution < -0.4 is 0 Å². The number of Topliss-reactive ketones (excluding diaryl/α,β-unsaturated/α-hetero) is 1. The van der Waals surface area contributed by atoms with Gasteiger partial charge in [-0.05, 0) is 34.7 Å². The molecule has 0 aliphatic heterocycles. The molecule has 0 aliphatic carbocycles. The zero-order chi connectivity index (χ0) is 10.7. The van der Waals surface area contributed by atoms with Crippen molar-refractivity contribution in [3.63, 3.8) is 0 Å². The highest BCUT2D eigenvalue weighted by Gasteiger charge is 2.06. The van der Waals surface area contributed by atoms with Crippen molar-refractivity contribution in [2.75, 3.05) is 0 Å². The number of nitrogens with zero attached hydrogens (tertiary/aromatic N) is 4. The monoisotopic (exact) mass is 222 g/mol. The third-order valence-corrected chi connectivity index (χ3v) is 2.12. The molecule has 2 aromatic rings. The van der Waals surface area contributed by atoms with Crippen LogP contribution in [-0.2, 0) is 6.54 Å². The lowest BCUT2D eigenvalue weighted by atomic mass is 10.1. The van der Waals surface area contributed by atoms with E-state index in [1.54, 1.807) is 24.3 Å². The van der Waals surface area contributed by atoms with Crippen LogP contribution >= 0.6 is 11.6 Å². The van der Waals surface area contributed by atoms with E-state index in [9.17, 15) is 4.79 Å². The van der Waals surface area contributed by atoms with Crippen molar-refractivity contribution in [3.8, 4) is 0 Å². The van der Waals surface area contributed by atoms with Crippen LogP contribution in [-0.4, -0.2) is 26.0 Å². The summed E-state index contributed by atoms with van der Waals surface area (Å²) >= 11 is 5.71. The van der Waals surface area contributed by atoms with E-state index in [1.807, 2.05) is 0 Å². The van der Waals surface area contributed by atoms with Crippen molar-refractivity contribution >= 4 is 17.4 Å². The SMILES string of the molecule is O=C(Cn1cnnn1)c1ccc(Cl)cc1. The smallest absolute Gasteiger partial charge is 0.184 e. The molecule has 0 saturated carbocycles. The molecule has 1 heterocycles. The Morgan fingerprint density at radius 1 is 1.33 bits per heavy atom. The second-order valence-electron chi connectivity index (χ2n) is 2.94. The van der Waals surface area contributed by atoms with Gasteiger partial charge in [0.1, 0.15) is 12.9 Å². The van der Waals surface area contributed by atoms with Gasteiger partial charge in [-0.2, -0.15) is 0 Å². The minimum absolute atomic E-state index is 0.0565. The average Bonchev–Trinajstić information content (AvgIpc) is 2.71. The Kier molecular flexibility index (Phi) is 2.73. The summed E-state index contributed by atoms with van der Waals surface area (Å²) < 4.78 is 1.37. The first kappa shape index (κ1) is 9.79. The third-order valence-electron chi connectivity index (χ3n) is 1.86. The van der Waals surface area contributed by atoms with Crippen molar-refractivity contribution in [1.82, 2.24) is 20.2 Å². The van der Waals surface area contributed by atoms with Gasteiger partial charge in [-0.1, -0.05) is 11.6 Å². The maximum atomic E-state index is 11.7. The summed E-state index contributed by atoms with van der Waals surface area (Å²) in [7, 11) is 0. The summed E-state index contributed by atoms with van der Waals surface area (Å²) in [5.74, 6) is -0.0565. The van der Waals surface area contributed by atoms with E-state index >= 15 is 0 Å². The first-order valence-corrected chi connectivity index (χ1v) is 4.63. The number of carbonyl (C=O) groups is 1. The first-order valence-electron chi connectivity index (χ1n) is 4.25. The van der Waals surface area contributed by atoms with Crippen LogP contribution in [0.3, 0.4) is 0 Å². The van der Waals surface area contributed by atoms with E-state index in [2.05, 4.69) is 15.5 Å². The number of halogens is 1. The van der Waals surface area contributed by atoms with Crippen molar-refractivity contribution < 1.29 is 4.79 Å². The largest absolute Gasteiger partial charge is 0.292 e. The Morgan fingerprint density at radius 2 is 2.07 bits per heavy atom. The summed E-state index contributed by atoms with van der Waals surface area (Å²) in [6, 6.07) is 6.70. The number of carbonyl (C=O) groups excluding carboxylic acids is 1. The molecule has 0 fully saturated rings. The molecular weight excluding hydrogens is 216 g/mol. The molecule has 0 radical (unpaired) electrons. The number of ketones is 1. The molecule has 0 amide bonds. The van der Waals surface area contributed by atoms with Gasteiger partial charge in [0.25, 0.3) is 0 Å². The lowest BCUT2D eigenvalue weighted by molar-refractivity contribution is 0.0967. The van der Waals surface area contributed by atoms with E-state index in [0.717, 1.165) is 0 Å². The van der Waals surface area contributed by atoms with Crippen LogP contribution in [0.4, 0.5) is 0 Å². The molecule has 0 N–H and O–H groups in total. The molecule has 2 rings (SSSR count). The summed E-state index contributed by atoms with van der Waals surface area (Å²) in [5, 5.41) is 11.1. The maximum absolute atomic E-state index is 11.7. The molecule has 0 saturated heterocycles. The van der Waals surface area contributed by atoms with Crippen molar-refractivity contribution in [1.29, 1.82) is 0 Å². The molecular formula is C9H7ClN4O. The fraction of sp³-hybridized carbons (Fsp3) is 0.111. The number of benzene rings is 1. The van der Waals surface area contributed by atoms with Crippen LogP contribution in [0.25, 0.3) is 0 Å². The van der Waals surface area contributed by atoms with Gasteiger partial charge in [0.05, 0.1) is 0 Å². The number of tetrazole rings is 1. The van der Waals surface area contributed by atoms with Crippen LogP contribution in [0.1, 0.15) is 10.4 Å². The molecule has 1 aromatic heterocycles. The topological polar surface area (TPSA) is 60.7 Å². The van der Waals surface area contributed by atoms with Gasteiger partial charge in [0.2, 0.25) is 0 Å². The minimum atomic E-state index is -0.0565. The van der Waals surface area contributed by atoms with E-state index in [1.165, 1.54) is 11.0 Å². The highest BCUT2D eigenvalue weighted by molar-refractivity contribution is 6.30. The number of hydrogen-bond donors (Lipinski definition) is 0. The van der Waals surface area contributed by atoms with Crippen LogP contribution in [0.15, 0.2) is 30.6 Å². The second-order valence-corrected chi connectivity index (χ2v) is 3.37. The number of rotatable bonds is 3. The molecule has 0 aliphatic rings. The lowest BCUT2D eigenvalue weighted by Gasteiger charge is -1.99. The molecule has 6 heteroatoms. The second kappa shape index (κ2) is 4.18. The standard InChI is InChI=1S/C9H7ClN4O/c10-8-3-1-7(2-4-8)9(15)5-14-6-11-12-13-14/h1-4,6H,5H2. The molecule has 76 valence electrons. The Morgan fingerprint density at radius 3 is 2.67 bits per heavy atom. The average molecular weight is 223 g/mol. The van der Waals surface area contributed by atoms with Gasteiger partial charge in [-0.25, -0.2) is 4.68 Å². The van der Waals surface area contributed by atoms with E-state index in [-0.39, 0.29) is 12.3 Å². The Hall–Kier alpha value is -1.75. The highest BCUT2D eigenvalue weighted by atomic mass is 35.5. The number of hydrogen-bond acceptors (Lipinski definition) is 4. The predicted octanol–water partition coefficient (Wildman–Crippen LogP) is 1.21. The Labute approximate surface area is 90.7 Å². The van der Waals surface area contributed by atoms with E-state index in [4.69, 9.17) is 11.6 Å². The van der Waals surface area contributed by atoms with Crippen molar-refractivity contribution in [2.24, 2.45) is 0 Å². The van der Waals surface area contributed by atoms with Gasteiger partial charge in [-0.15, -0.1) is 5.10 Å². The van der Waals surface area contributed by atoms with Crippen LogP contribution in [0, 0.1) is 0 Å². The summed E-state index contributed by atoms with van der Waals surface area (Å²) in [4.78, 5) is 11.7. The fourth-order valence-corrected chi connectivity index (χ4v) is 1.25. The molecule has 0 atom stereocenters. The van der Waals surface area contributed by atoms with Gasteiger partial charge >= 0.3 is 0 Å². The summed E-state index contributed by atoms with van der Waals surface area (Å²) in [5.41, 5.74) is 0.593. The fourth-order valence-electron chi connectivity index (χ4n) is 1.13. The predicted molar refractivity (Wildman–Crippen MR) is 53.6 cm³/mol. The molecule has 0 unspecified atom stereocenters. The lowest BCUT2D eigenvalue weighted by Crippen LogP contribution is -2.10. The molecule has 15 heavy (non-hydrogen) atoms. The maximum Gasteiger partial charge on any atom is 0.184 e. The minimum Gasteiger partial charge on any atom is -0.292 e. The third kappa shape index (κ3) is 2.38.